The van der Waals surface area contributed by atoms with Crippen molar-refractivity contribution < 1.29 is 17.9 Å². The van der Waals surface area contributed by atoms with E-state index in [4.69, 9.17) is 15.2 Å². The van der Waals surface area contributed by atoms with Gasteiger partial charge in [-0.2, -0.15) is 0 Å². The molecule has 0 radical (unpaired) electrons. The van der Waals surface area contributed by atoms with Gasteiger partial charge < -0.3 is 20.5 Å². The summed E-state index contributed by atoms with van der Waals surface area (Å²) in [6.45, 7) is 3.26. The molecular formula is C21H26N2O4S. The topological polar surface area (TPSA) is 90.7 Å². The highest BCUT2D eigenvalue weighted by Gasteiger charge is 2.49. The van der Waals surface area contributed by atoms with Crippen molar-refractivity contribution in [2.75, 3.05) is 31.5 Å². The molecule has 0 amide bonds. The zero-order chi connectivity index (χ0) is 19.9. The van der Waals surface area contributed by atoms with E-state index in [1.54, 1.807) is 7.11 Å². The van der Waals surface area contributed by atoms with E-state index in [0.717, 1.165) is 28.1 Å². The zero-order valence-electron chi connectivity index (χ0n) is 16.1. The predicted molar refractivity (Wildman–Crippen MR) is 109 cm³/mol. The summed E-state index contributed by atoms with van der Waals surface area (Å²) in [6.07, 6.45) is 0. The standard InChI is InChI=1S/C21H26N2O4S/c1-21(12-26-2)16-9-14(11-28(24,25)13-22)7-8-18(16)23-20-15-5-3-4-6-19(15)27-10-17(20)21/h3-9,17,20,23H,10-13,22H2,1-2H3. The van der Waals surface area contributed by atoms with Crippen molar-refractivity contribution in [2.24, 2.45) is 11.7 Å². The van der Waals surface area contributed by atoms with Crippen LogP contribution in [0.25, 0.3) is 0 Å². The van der Waals surface area contributed by atoms with E-state index in [1.165, 1.54) is 0 Å². The highest BCUT2D eigenvalue weighted by molar-refractivity contribution is 7.90. The van der Waals surface area contributed by atoms with Gasteiger partial charge in [0.2, 0.25) is 0 Å². The molecule has 28 heavy (non-hydrogen) atoms. The normalized spacial score (nSPS) is 25.7. The predicted octanol–water partition coefficient (Wildman–Crippen LogP) is 2.60. The van der Waals surface area contributed by atoms with Gasteiger partial charge in [0.15, 0.2) is 9.84 Å². The number of nitrogens with two attached hydrogens (primary N) is 1. The van der Waals surface area contributed by atoms with E-state index in [0.29, 0.717) is 13.2 Å². The molecule has 0 aromatic heterocycles. The molecule has 2 aromatic carbocycles. The van der Waals surface area contributed by atoms with Crippen molar-refractivity contribution >= 4 is 15.5 Å². The van der Waals surface area contributed by atoms with E-state index in [-0.39, 0.29) is 29.0 Å². The number of fused-ring (bicyclic) bond motifs is 4. The smallest absolute Gasteiger partial charge is 0.167 e. The molecule has 4 rings (SSSR count). The molecule has 2 aliphatic rings. The van der Waals surface area contributed by atoms with Crippen LogP contribution in [0.2, 0.25) is 0 Å². The van der Waals surface area contributed by atoms with E-state index < -0.39 is 9.84 Å². The van der Waals surface area contributed by atoms with E-state index in [9.17, 15) is 8.42 Å². The van der Waals surface area contributed by atoms with Gasteiger partial charge in [-0.1, -0.05) is 37.3 Å². The lowest BCUT2D eigenvalue weighted by Gasteiger charge is -2.50. The number of anilines is 1. The number of benzene rings is 2. The van der Waals surface area contributed by atoms with Crippen LogP contribution in [0, 0.1) is 5.92 Å². The van der Waals surface area contributed by atoms with E-state index in [1.807, 2.05) is 36.4 Å². The van der Waals surface area contributed by atoms with Gasteiger partial charge in [-0.25, -0.2) is 8.42 Å². The maximum absolute atomic E-state index is 12.0. The maximum Gasteiger partial charge on any atom is 0.167 e. The Kier molecular flexibility index (Phi) is 4.85. The molecule has 7 heteroatoms. The van der Waals surface area contributed by atoms with Crippen molar-refractivity contribution in [1.29, 1.82) is 0 Å². The summed E-state index contributed by atoms with van der Waals surface area (Å²) < 4.78 is 35.7. The van der Waals surface area contributed by atoms with Crippen LogP contribution in [0.1, 0.15) is 29.7 Å². The SMILES string of the molecule is COCC1(C)c2cc(CS(=O)(=O)CN)ccc2NC2c3ccccc3OCC21. The number of sulfone groups is 1. The van der Waals surface area contributed by atoms with Gasteiger partial charge in [-0.3, -0.25) is 0 Å². The number of ether oxygens (including phenoxy) is 2. The van der Waals surface area contributed by atoms with Gasteiger partial charge >= 0.3 is 0 Å². The minimum atomic E-state index is -3.31. The number of methoxy groups -OCH3 is 1. The molecule has 0 fully saturated rings. The number of nitrogens with one attached hydrogen (secondary N) is 1. The average molecular weight is 403 g/mol. The first-order valence-electron chi connectivity index (χ1n) is 9.39. The minimum absolute atomic E-state index is 0.0622. The lowest BCUT2D eigenvalue weighted by molar-refractivity contribution is 0.0543. The van der Waals surface area contributed by atoms with E-state index >= 15 is 0 Å². The molecule has 2 aromatic rings. The van der Waals surface area contributed by atoms with Crippen LogP contribution in [0.15, 0.2) is 42.5 Å². The fourth-order valence-electron chi connectivity index (χ4n) is 4.54. The minimum Gasteiger partial charge on any atom is -0.493 e. The molecular weight excluding hydrogens is 376 g/mol. The number of hydrogen-bond donors (Lipinski definition) is 2. The Morgan fingerprint density at radius 1 is 1.29 bits per heavy atom. The van der Waals surface area contributed by atoms with Crippen LogP contribution in [0.3, 0.4) is 0 Å². The molecule has 0 saturated heterocycles. The number of hydrogen-bond acceptors (Lipinski definition) is 6. The summed E-state index contributed by atoms with van der Waals surface area (Å²) >= 11 is 0. The molecule has 150 valence electrons. The summed E-state index contributed by atoms with van der Waals surface area (Å²) in [5, 5.41) is 3.66. The van der Waals surface area contributed by atoms with Gasteiger partial charge in [0, 0.05) is 29.7 Å². The van der Waals surface area contributed by atoms with Crippen LogP contribution >= 0.6 is 0 Å². The van der Waals surface area contributed by atoms with Crippen molar-refractivity contribution in [3.05, 3.63) is 59.2 Å². The molecule has 0 bridgehead atoms. The van der Waals surface area contributed by atoms with Crippen LogP contribution in [-0.2, 0) is 25.7 Å². The van der Waals surface area contributed by atoms with Crippen LogP contribution in [0.4, 0.5) is 5.69 Å². The van der Waals surface area contributed by atoms with Crippen LogP contribution < -0.4 is 15.8 Å². The first-order chi connectivity index (χ1) is 13.4. The molecule has 0 spiro atoms. The van der Waals surface area contributed by atoms with Crippen LogP contribution in [-0.4, -0.2) is 34.6 Å². The highest BCUT2D eigenvalue weighted by Crippen LogP contribution is 2.52. The van der Waals surface area contributed by atoms with Gasteiger partial charge in [-0.05, 0) is 23.3 Å². The van der Waals surface area contributed by atoms with E-state index in [2.05, 4.69) is 18.3 Å². The first-order valence-corrected chi connectivity index (χ1v) is 11.2. The van der Waals surface area contributed by atoms with Crippen molar-refractivity contribution in [3.63, 3.8) is 0 Å². The summed E-state index contributed by atoms with van der Waals surface area (Å²) in [6, 6.07) is 14.0. The third kappa shape index (κ3) is 3.17. The summed E-state index contributed by atoms with van der Waals surface area (Å²) in [7, 11) is -1.61. The molecule has 3 unspecified atom stereocenters. The van der Waals surface area contributed by atoms with Crippen molar-refractivity contribution in [1.82, 2.24) is 0 Å². The Bertz CT molecular complexity index is 992. The molecule has 0 aliphatic carbocycles. The van der Waals surface area contributed by atoms with Crippen molar-refractivity contribution in [2.45, 2.75) is 24.1 Å². The second kappa shape index (κ2) is 7.06. The lowest BCUT2D eigenvalue weighted by Crippen LogP contribution is -2.50. The Hall–Kier alpha value is -2.09. The fraction of sp³-hybridized carbons (Fsp3) is 0.429. The third-order valence-electron chi connectivity index (χ3n) is 5.99. The average Bonchev–Trinajstić information content (AvgIpc) is 2.68. The van der Waals surface area contributed by atoms with Gasteiger partial charge in [0.25, 0.3) is 0 Å². The summed E-state index contributed by atoms with van der Waals surface area (Å²) in [5.74, 6) is 0.640. The lowest BCUT2D eigenvalue weighted by atomic mass is 9.64. The summed E-state index contributed by atoms with van der Waals surface area (Å²) in [5.41, 5.74) is 9.01. The largest absolute Gasteiger partial charge is 0.493 e. The molecule has 6 nitrogen and oxygen atoms in total. The quantitative estimate of drug-likeness (QED) is 0.799. The zero-order valence-corrected chi connectivity index (χ0v) is 17.0. The highest BCUT2D eigenvalue weighted by atomic mass is 32.2. The molecule has 0 saturated carbocycles. The monoisotopic (exact) mass is 402 g/mol. The molecule has 3 atom stereocenters. The van der Waals surface area contributed by atoms with Gasteiger partial charge in [0.05, 0.1) is 30.9 Å². The Morgan fingerprint density at radius 2 is 2.07 bits per heavy atom. The first kappa shape index (κ1) is 19.2. The maximum atomic E-state index is 12.0. The van der Waals surface area contributed by atoms with Crippen molar-refractivity contribution in [3.8, 4) is 5.75 Å². The number of rotatable bonds is 5. The van der Waals surface area contributed by atoms with Gasteiger partial charge in [0.1, 0.15) is 5.75 Å². The Morgan fingerprint density at radius 3 is 2.82 bits per heavy atom. The third-order valence-corrected chi connectivity index (χ3v) is 7.27. The second-order valence-electron chi connectivity index (χ2n) is 7.86. The van der Waals surface area contributed by atoms with Crippen LogP contribution in [0.5, 0.6) is 5.75 Å². The number of para-hydroxylation sites is 1. The Balaban J connectivity index is 1.80. The van der Waals surface area contributed by atoms with Gasteiger partial charge in [-0.15, -0.1) is 0 Å². The molecule has 3 N–H and O–H groups in total. The Labute approximate surface area is 166 Å². The summed E-state index contributed by atoms with van der Waals surface area (Å²) in [4.78, 5) is 0. The second-order valence-corrected chi connectivity index (χ2v) is 9.97. The molecule has 2 heterocycles. The fourth-order valence-corrected chi connectivity index (χ4v) is 5.34. The molecule has 2 aliphatic heterocycles.